The molecule has 0 saturated carbocycles. The lowest BCUT2D eigenvalue weighted by atomic mass is 10.1. The molecule has 0 radical (unpaired) electrons. The van der Waals surface area contributed by atoms with E-state index in [-0.39, 0.29) is 11.7 Å². The van der Waals surface area contributed by atoms with Crippen LogP contribution in [0.5, 0.6) is 11.5 Å². The number of hydrogen-bond acceptors (Lipinski definition) is 5. The number of carbonyl (C=O) groups excluding carboxylic acids is 2. The van der Waals surface area contributed by atoms with Gasteiger partial charge in [-0.25, -0.2) is 0 Å². The Hall–Kier alpha value is -3.02. The molecule has 6 heteroatoms. The number of benzene rings is 2. The molecule has 2 aliphatic rings. The molecule has 2 aromatic carbocycles. The number of hydrogen-bond donors (Lipinski definition) is 0. The summed E-state index contributed by atoms with van der Waals surface area (Å²) in [6.45, 7) is 5.44. The lowest BCUT2D eigenvalue weighted by Crippen LogP contribution is -2.48. The molecular weight excluding hydrogens is 344 g/mol. The van der Waals surface area contributed by atoms with Crippen molar-refractivity contribution >= 4 is 17.4 Å². The minimum atomic E-state index is 0.0125. The lowest BCUT2D eigenvalue weighted by Gasteiger charge is -2.36. The third kappa shape index (κ3) is 3.60. The molecule has 4 rings (SSSR count). The molecule has 6 nitrogen and oxygen atoms in total. The summed E-state index contributed by atoms with van der Waals surface area (Å²) in [7, 11) is 0. The lowest BCUT2D eigenvalue weighted by molar-refractivity contribution is 0.0745. The first kappa shape index (κ1) is 17.4. The van der Waals surface area contributed by atoms with Crippen molar-refractivity contribution in [1.29, 1.82) is 0 Å². The molecule has 2 aromatic rings. The second kappa shape index (κ2) is 7.31. The van der Waals surface area contributed by atoms with Crippen LogP contribution in [0, 0.1) is 0 Å². The minimum absolute atomic E-state index is 0.0125. The van der Waals surface area contributed by atoms with Crippen molar-refractivity contribution in [3.05, 3.63) is 53.6 Å². The highest BCUT2D eigenvalue weighted by Gasteiger charge is 2.24. The van der Waals surface area contributed by atoms with Crippen molar-refractivity contribution in [3.8, 4) is 11.5 Å². The largest absolute Gasteiger partial charge is 0.486 e. The van der Waals surface area contributed by atoms with Gasteiger partial charge in [-0.15, -0.1) is 0 Å². The van der Waals surface area contributed by atoms with E-state index in [9.17, 15) is 9.59 Å². The third-order valence-electron chi connectivity index (χ3n) is 4.99. The Morgan fingerprint density at radius 3 is 2.11 bits per heavy atom. The maximum absolute atomic E-state index is 12.8. The van der Waals surface area contributed by atoms with Gasteiger partial charge in [-0.3, -0.25) is 9.59 Å². The summed E-state index contributed by atoms with van der Waals surface area (Å²) < 4.78 is 11.1. The Labute approximate surface area is 158 Å². The van der Waals surface area contributed by atoms with Gasteiger partial charge in [0.15, 0.2) is 17.3 Å². The van der Waals surface area contributed by atoms with Gasteiger partial charge in [0.25, 0.3) is 5.91 Å². The van der Waals surface area contributed by atoms with Crippen LogP contribution in [-0.4, -0.2) is 56.0 Å². The Morgan fingerprint density at radius 1 is 0.815 bits per heavy atom. The quantitative estimate of drug-likeness (QED) is 0.782. The number of piperazine rings is 1. The van der Waals surface area contributed by atoms with Gasteiger partial charge in [-0.1, -0.05) is 0 Å². The van der Waals surface area contributed by atoms with Gasteiger partial charge in [0.2, 0.25) is 0 Å². The molecule has 0 spiro atoms. The van der Waals surface area contributed by atoms with Crippen LogP contribution in [0.25, 0.3) is 0 Å². The second-order valence-corrected chi connectivity index (χ2v) is 6.74. The van der Waals surface area contributed by atoms with Gasteiger partial charge in [-0.2, -0.15) is 0 Å². The maximum Gasteiger partial charge on any atom is 0.254 e. The Bertz CT molecular complexity index is 855. The number of nitrogens with zero attached hydrogens (tertiary/aromatic N) is 2. The Kier molecular flexibility index (Phi) is 4.71. The van der Waals surface area contributed by atoms with E-state index < -0.39 is 0 Å². The molecule has 2 aliphatic heterocycles. The van der Waals surface area contributed by atoms with E-state index in [1.165, 1.54) is 0 Å². The predicted octanol–water partition coefficient (Wildman–Crippen LogP) is 2.62. The fraction of sp³-hybridized carbons (Fsp3) is 0.333. The highest BCUT2D eigenvalue weighted by molar-refractivity contribution is 5.95. The summed E-state index contributed by atoms with van der Waals surface area (Å²) in [4.78, 5) is 28.3. The van der Waals surface area contributed by atoms with Crippen LogP contribution in [0.3, 0.4) is 0 Å². The van der Waals surface area contributed by atoms with E-state index >= 15 is 0 Å². The fourth-order valence-corrected chi connectivity index (χ4v) is 3.43. The van der Waals surface area contributed by atoms with E-state index in [2.05, 4.69) is 4.90 Å². The zero-order valence-corrected chi connectivity index (χ0v) is 15.3. The number of Topliss-reactive ketones (excluding diaryl/α,β-unsaturated/α-hetero) is 1. The van der Waals surface area contributed by atoms with E-state index in [1.807, 2.05) is 29.2 Å². The summed E-state index contributed by atoms with van der Waals surface area (Å²) in [6, 6.07) is 13.0. The van der Waals surface area contributed by atoms with Crippen LogP contribution in [0.2, 0.25) is 0 Å². The highest BCUT2D eigenvalue weighted by atomic mass is 16.6. The molecule has 0 N–H and O–H groups in total. The van der Waals surface area contributed by atoms with Crippen LogP contribution in [0.1, 0.15) is 27.6 Å². The Balaban J connectivity index is 1.40. The van der Waals surface area contributed by atoms with Gasteiger partial charge >= 0.3 is 0 Å². The number of rotatable bonds is 3. The zero-order valence-electron chi connectivity index (χ0n) is 15.3. The number of anilines is 1. The topological polar surface area (TPSA) is 59.1 Å². The van der Waals surface area contributed by atoms with Crippen molar-refractivity contribution < 1.29 is 19.1 Å². The zero-order chi connectivity index (χ0) is 18.8. The van der Waals surface area contributed by atoms with Crippen molar-refractivity contribution in [1.82, 2.24) is 4.90 Å². The van der Waals surface area contributed by atoms with Crippen molar-refractivity contribution in [3.63, 3.8) is 0 Å². The normalized spacial score (nSPS) is 16.2. The van der Waals surface area contributed by atoms with Gasteiger partial charge in [-0.05, 0) is 49.4 Å². The molecule has 2 heterocycles. The van der Waals surface area contributed by atoms with Crippen molar-refractivity contribution in [2.75, 3.05) is 44.3 Å². The van der Waals surface area contributed by atoms with Gasteiger partial charge in [0.05, 0.1) is 0 Å². The number of amides is 1. The van der Waals surface area contributed by atoms with Crippen molar-refractivity contribution in [2.24, 2.45) is 0 Å². The third-order valence-corrected chi connectivity index (χ3v) is 4.99. The molecule has 140 valence electrons. The molecule has 27 heavy (non-hydrogen) atoms. The van der Waals surface area contributed by atoms with Gasteiger partial charge < -0.3 is 19.3 Å². The smallest absolute Gasteiger partial charge is 0.254 e. The number of carbonyl (C=O) groups is 2. The standard InChI is InChI=1S/C21H22N2O4/c1-15(24)16-2-5-18(6-3-16)22-8-10-23(11-9-22)21(25)17-4-7-19-20(14-17)27-13-12-26-19/h2-7,14H,8-13H2,1H3. The first-order chi connectivity index (χ1) is 13.1. The summed E-state index contributed by atoms with van der Waals surface area (Å²) in [5.41, 5.74) is 2.41. The van der Waals surface area contributed by atoms with Gasteiger partial charge in [0, 0.05) is 43.0 Å². The Morgan fingerprint density at radius 2 is 1.44 bits per heavy atom. The molecule has 1 fully saturated rings. The SMILES string of the molecule is CC(=O)c1ccc(N2CCN(C(=O)c3ccc4c(c3)OCCO4)CC2)cc1. The number of fused-ring (bicyclic) bond motifs is 1. The van der Waals surface area contributed by atoms with Crippen LogP contribution in [0.4, 0.5) is 5.69 Å². The summed E-state index contributed by atoms with van der Waals surface area (Å²) >= 11 is 0. The van der Waals surface area contributed by atoms with Crippen LogP contribution >= 0.6 is 0 Å². The number of ketones is 1. The molecule has 1 saturated heterocycles. The predicted molar refractivity (Wildman–Crippen MR) is 102 cm³/mol. The molecule has 0 bridgehead atoms. The average Bonchev–Trinajstić information content (AvgIpc) is 2.73. The maximum atomic E-state index is 12.8. The molecule has 0 atom stereocenters. The molecule has 1 amide bonds. The molecule has 0 aromatic heterocycles. The molecular formula is C21H22N2O4. The highest BCUT2D eigenvalue weighted by Crippen LogP contribution is 2.31. The fourth-order valence-electron chi connectivity index (χ4n) is 3.43. The van der Waals surface area contributed by atoms with Crippen LogP contribution in [-0.2, 0) is 0 Å². The summed E-state index contributed by atoms with van der Waals surface area (Å²) in [6.07, 6.45) is 0. The van der Waals surface area contributed by atoms with E-state index in [1.54, 1.807) is 25.1 Å². The molecule has 0 aliphatic carbocycles. The summed E-state index contributed by atoms with van der Waals surface area (Å²) in [5, 5.41) is 0. The van der Waals surface area contributed by atoms with E-state index in [0.717, 1.165) is 18.8 Å². The summed E-state index contributed by atoms with van der Waals surface area (Å²) in [5.74, 6) is 1.41. The monoisotopic (exact) mass is 366 g/mol. The second-order valence-electron chi connectivity index (χ2n) is 6.74. The van der Waals surface area contributed by atoms with Crippen LogP contribution < -0.4 is 14.4 Å². The van der Waals surface area contributed by atoms with Gasteiger partial charge in [0.1, 0.15) is 13.2 Å². The first-order valence-electron chi connectivity index (χ1n) is 9.17. The molecule has 0 unspecified atom stereocenters. The first-order valence-corrected chi connectivity index (χ1v) is 9.17. The average molecular weight is 366 g/mol. The minimum Gasteiger partial charge on any atom is -0.486 e. The number of ether oxygens (including phenoxy) is 2. The van der Waals surface area contributed by atoms with E-state index in [0.29, 0.717) is 48.9 Å². The van der Waals surface area contributed by atoms with E-state index in [4.69, 9.17) is 9.47 Å². The van der Waals surface area contributed by atoms with Crippen molar-refractivity contribution in [2.45, 2.75) is 6.92 Å². The van der Waals surface area contributed by atoms with Crippen LogP contribution in [0.15, 0.2) is 42.5 Å².